The molecular formula is C25H27N9. The Labute approximate surface area is 197 Å². The van der Waals surface area contributed by atoms with Crippen molar-refractivity contribution in [1.82, 2.24) is 30.1 Å². The van der Waals surface area contributed by atoms with Gasteiger partial charge in [-0.15, -0.1) is 0 Å². The van der Waals surface area contributed by atoms with Crippen LogP contribution in [0.1, 0.15) is 42.3 Å². The Morgan fingerprint density at radius 3 is 2.76 bits per heavy atom. The number of fused-ring (bicyclic) bond motifs is 3. The molecule has 1 saturated heterocycles. The molecule has 0 aromatic carbocycles. The Balaban J connectivity index is 1.13. The van der Waals surface area contributed by atoms with Crippen molar-refractivity contribution in [2.75, 3.05) is 29.4 Å². The van der Waals surface area contributed by atoms with Crippen LogP contribution in [0.15, 0.2) is 42.9 Å². The van der Waals surface area contributed by atoms with Crippen molar-refractivity contribution >= 4 is 28.5 Å². The Kier molecular flexibility index (Phi) is 4.35. The zero-order valence-corrected chi connectivity index (χ0v) is 19.0. The zero-order chi connectivity index (χ0) is 22.7. The summed E-state index contributed by atoms with van der Waals surface area (Å²) in [5.74, 6) is 1.71. The minimum absolute atomic E-state index is 0.0106. The standard InChI is InChI=1S/C25H27N9/c26-22-20-16(4-1-10-28-20)14-25(22)7-12-33(13-8-25)19-15-29-21-23(30-19)31-32-24(21)34-11-3-5-17-18(34)6-2-9-27-17/h1-2,4,6,9-10,15,22H,3,5,7-8,11-14,26H2,(H,30,31,32)/t22-/m1/s1. The summed E-state index contributed by atoms with van der Waals surface area (Å²) in [5.41, 5.74) is 12.9. The predicted octanol–water partition coefficient (Wildman–Crippen LogP) is 3.07. The molecule has 1 fully saturated rings. The third-order valence-corrected chi connectivity index (χ3v) is 7.95. The summed E-state index contributed by atoms with van der Waals surface area (Å²) < 4.78 is 0. The van der Waals surface area contributed by atoms with Crippen molar-refractivity contribution in [3.63, 3.8) is 0 Å². The number of aryl methyl sites for hydroxylation is 1. The first-order chi connectivity index (χ1) is 16.7. The van der Waals surface area contributed by atoms with E-state index in [1.807, 2.05) is 30.7 Å². The van der Waals surface area contributed by atoms with Gasteiger partial charge in [0.1, 0.15) is 5.82 Å². The largest absolute Gasteiger partial charge is 0.355 e. The molecule has 0 bridgehead atoms. The number of aromatic nitrogens is 6. The van der Waals surface area contributed by atoms with Gasteiger partial charge >= 0.3 is 0 Å². The number of piperidine rings is 1. The van der Waals surface area contributed by atoms with Crippen LogP contribution in [0.3, 0.4) is 0 Å². The molecule has 1 atom stereocenters. The second-order valence-electron chi connectivity index (χ2n) is 9.75. The van der Waals surface area contributed by atoms with Gasteiger partial charge in [-0.2, -0.15) is 5.10 Å². The number of hydrogen-bond acceptors (Lipinski definition) is 8. The molecule has 2 aliphatic heterocycles. The molecule has 0 radical (unpaired) electrons. The van der Waals surface area contributed by atoms with Crippen LogP contribution in [0.25, 0.3) is 11.2 Å². The first-order valence-electron chi connectivity index (χ1n) is 12.1. The maximum atomic E-state index is 6.69. The molecule has 6 heterocycles. The third kappa shape index (κ3) is 2.93. The number of hydrogen-bond donors (Lipinski definition) is 2. The maximum absolute atomic E-state index is 6.69. The Morgan fingerprint density at radius 2 is 1.88 bits per heavy atom. The zero-order valence-electron chi connectivity index (χ0n) is 19.0. The molecule has 9 nitrogen and oxygen atoms in total. The average molecular weight is 454 g/mol. The molecule has 4 aromatic heterocycles. The first kappa shape index (κ1) is 19.8. The smallest absolute Gasteiger partial charge is 0.183 e. The van der Waals surface area contributed by atoms with Crippen LogP contribution in [0.5, 0.6) is 0 Å². The lowest BCUT2D eigenvalue weighted by atomic mass is 9.73. The van der Waals surface area contributed by atoms with Gasteiger partial charge in [-0.05, 0) is 61.3 Å². The lowest BCUT2D eigenvalue weighted by Crippen LogP contribution is -2.44. The van der Waals surface area contributed by atoms with Crippen LogP contribution < -0.4 is 15.5 Å². The van der Waals surface area contributed by atoms with E-state index in [-0.39, 0.29) is 11.5 Å². The van der Waals surface area contributed by atoms with Crippen molar-refractivity contribution in [1.29, 1.82) is 0 Å². The fourth-order valence-corrected chi connectivity index (χ4v) is 6.06. The Bertz CT molecular complexity index is 1370. The topological polar surface area (TPSA) is 113 Å². The molecule has 3 N–H and O–H groups in total. The summed E-state index contributed by atoms with van der Waals surface area (Å²) in [7, 11) is 0. The SMILES string of the molecule is N[C@@H]1c2ncccc2CC12CCN(c1cnc3c(N4CCCc5ncccc54)n[nH]c3n1)CC2. The van der Waals surface area contributed by atoms with Gasteiger partial charge in [0, 0.05) is 32.0 Å². The van der Waals surface area contributed by atoms with Crippen LogP contribution in [0.2, 0.25) is 0 Å². The van der Waals surface area contributed by atoms with E-state index in [1.165, 1.54) is 5.56 Å². The predicted molar refractivity (Wildman–Crippen MR) is 130 cm³/mol. The van der Waals surface area contributed by atoms with E-state index >= 15 is 0 Å². The quantitative estimate of drug-likeness (QED) is 0.476. The monoisotopic (exact) mass is 453 g/mol. The van der Waals surface area contributed by atoms with Crippen LogP contribution in [0, 0.1) is 5.41 Å². The van der Waals surface area contributed by atoms with Crippen LogP contribution in [0.4, 0.5) is 17.3 Å². The summed E-state index contributed by atoms with van der Waals surface area (Å²) in [5, 5.41) is 7.72. The van der Waals surface area contributed by atoms with E-state index in [0.717, 1.165) is 91.6 Å². The molecule has 0 unspecified atom stereocenters. The molecule has 7 rings (SSSR count). The summed E-state index contributed by atoms with van der Waals surface area (Å²) in [4.78, 5) is 23.4. The number of nitrogens with zero attached hydrogens (tertiary/aromatic N) is 7. The van der Waals surface area contributed by atoms with Crippen molar-refractivity contribution < 1.29 is 0 Å². The number of anilines is 3. The summed E-state index contributed by atoms with van der Waals surface area (Å²) in [6, 6.07) is 8.28. The van der Waals surface area contributed by atoms with Gasteiger partial charge in [-0.25, -0.2) is 9.97 Å². The second kappa shape index (κ2) is 7.46. The molecular weight excluding hydrogens is 426 g/mol. The van der Waals surface area contributed by atoms with Gasteiger partial charge in [0.05, 0.1) is 29.3 Å². The fourth-order valence-electron chi connectivity index (χ4n) is 6.06. The molecule has 0 saturated carbocycles. The number of pyridine rings is 2. The number of rotatable bonds is 2. The van der Waals surface area contributed by atoms with E-state index in [4.69, 9.17) is 15.7 Å². The van der Waals surface area contributed by atoms with Crippen molar-refractivity contribution in [3.8, 4) is 0 Å². The number of nitrogens with one attached hydrogen (secondary N) is 1. The van der Waals surface area contributed by atoms with Gasteiger partial charge < -0.3 is 15.5 Å². The number of H-pyrrole nitrogens is 1. The lowest BCUT2D eigenvalue weighted by molar-refractivity contribution is 0.186. The number of nitrogens with two attached hydrogens (primary N) is 1. The molecule has 3 aliphatic rings. The van der Waals surface area contributed by atoms with E-state index in [2.05, 4.69) is 42.1 Å². The second-order valence-corrected chi connectivity index (χ2v) is 9.75. The first-order valence-corrected chi connectivity index (χ1v) is 12.1. The van der Waals surface area contributed by atoms with Crippen LogP contribution in [-0.4, -0.2) is 49.8 Å². The highest BCUT2D eigenvalue weighted by molar-refractivity contribution is 5.87. The van der Waals surface area contributed by atoms with Crippen molar-refractivity contribution in [2.45, 2.75) is 38.1 Å². The summed E-state index contributed by atoms with van der Waals surface area (Å²) >= 11 is 0. The normalized spacial score (nSPS) is 21.1. The fraction of sp³-hybridized carbons (Fsp3) is 0.400. The summed E-state index contributed by atoms with van der Waals surface area (Å²) in [6.07, 6.45) is 10.7. The van der Waals surface area contributed by atoms with E-state index < -0.39 is 0 Å². The molecule has 4 aromatic rings. The Hall–Kier alpha value is -3.59. The molecule has 1 spiro atoms. The van der Waals surface area contributed by atoms with Gasteiger partial charge in [-0.1, -0.05) is 6.07 Å². The van der Waals surface area contributed by atoms with Crippen molar-refractivity contribution in [2.24, 2.45) is 11.1 Å². The van der Waals surface area contributed by atoms with Gasteiger partial charge in [0.15, 0.2) is 17.0 Å². The molecule has 9 heteroatoms. The van der Waals surface area contributed by atoms with E-state index in [9.17, 15) is 0 Å². The highest BCUT2D eigenvalue weighted by atomic mass is 15.3. The van der Waals surface area contributed by atoms with Crippen LogP contribution in [-0.2, 0) is 12.8 Å². The average Bonchev–Trinajstić information content (AvgIpc) is 3.43. The van der Waals surface area contributed by atoms with Crippen molar-refractivity contribution in [3.05, 3.63) is 59.8 Å². The molecule has 0 amide bonds. The van der Waals surface area contributed by atoms with Gasteiger partial charge in [0.25, 0.3) is 0 Å². The van der Waals surface area contributed by atoms with E-state index in [0.29, 0.717) is 0 Å². The van der Waals surface area contributed by atoms with Gasteiger partial charge in [-0.3, -0.25) is 15.1 Å². The summed E-state index contributed by atoms with van der Waals surface area (Å²) in [6.45, 7) is 2.72. The molecule has 1 aliphatic carbocycles. The highest BCUT2D eigenvalue weighted by Gasteiger charge is 2.46. The van der Waals surface area contributed by atoms with E-state index in [1.54, 1.807) is 0 Å². The molecule has 34 heavy (non-hydrogen) atoms. The third-order valence-electron chi connectivity index (χ3n) is 7.95. The Morgan fingerprint density at radius 1 is 1.03 bits per heavy atom. The maximum Gasteiger partial charge on any atom is 0.183 e. The van der Waals surface area contributed by atoms with Crippen LogP contribution >= 0.6 is 0 Å². The minimum atomic E-state index is 0.0106. The highest BCUT2D eigenvalue weighted by Crippen LogP contribution is 2.50. The molecule has 172 valence electrons. The lowest BCUT2D eigenvalue weighted by Gasteiger charge is -2.42. The van der Waals surface area contributed by atoms with Gasteiger partial charge in [0.2, 0.25) is 0 Å². The number of aromatic amines is 1. The minimum Gasteiger partial charge on any atom is -0.355 e.